The molecular weight excluding hydrogens is 547 g/mol. The first kappa shape index (κ1) is 39.2. The second-order valence-electron chi connectivity index (χ2n) is 9.76. The third-order valence-electron chi connectivity index (χ3n) is 6.08. The summed E-state index contributed by atoms with van der Waals surface area (Å²) < 4.78 is 5.22. The standard InChI is InChI=1S/C28H50N2O8.Mn/c1-2-3-4-5-6-7-8-9-10-11-12-13-14-15-16-17-20-38-28(37)24-30(23-27(35)36)19-18-29(21-25(31)32)22-26(33)34;/h9-10H,2-8,11-24H2,1H3,(H,31,32)(H,33,34)(H,35,36);/q;+2/b10-9+;. The molecule has 0 atom stereocenters. The maximum atomic E-state index is 12.1. The Balaban J connectivity index is 0. The van der Waals surface area contributed by atoms with Gasteiger partial charge in [-0.3, -0.25) is 29.0 Å². The van der Waals surface area contributed by atoms with Gasteiger partial charge in [-0.2, -0.15) is 0 Å². The number of nitrogens with zero attached hydrogens (tertiary/aromatic N) is 2. The van der Waals surface area contributed by atoms with E-state index >= 15 is 0 Å². The molecule has 0 unspecified atom stereocenters. The van der Waals surface area contributed by atoms with Gasteiger partial charge in [-0.05, 0) is 32.1 Å². The molecule has 39 heavy (non-hydrogen) atoms. The Bertz CT molecular complexity index is 674. The molecule has 225 valence electrons. The summed E-state index contributed by atoms with van der Waals surface area (Å²) in [7, 11) is 0. The third kappa shape index (κ3) is 28.9. The average molecular weight is 598 g/mol. The van der Waals surface area contributed by atoms with Crippen molar-refractivity contribution in [2.75, 3.05) is 45.9 Å². The number of carbonyl (C=O) groups excluding carboxylic acids is 1. The molecule has 0 aromatic carbocycles. The van der Waals surface area contributed by atoms with E-state index in [2.05, 4.69) is 19.1 Å². The second kappa shape index (κ2) is 27.6. The number of hydrogen-bond acceptors (Lipinski definition) is 7. The van der Waals surface area contributed by atoms with E-state index in [1.54, 1.807) is 0 Å². The Morgan fingerprint density at radius 2 is 0.974 bits per heavy atom. The molecule has 11 heteroatoms. The normalized spacial score (nSPS) is 11.2. The summed E-state index contributed by atoms with van der Waals surface area (Å²) >= 11 is 0. The van der Waals surface area contributed by atoms with Crippen molar-refractivity contribution in [2.45, 2.75) is 96.8 Å². The van der Waals surface area contributed by atoms with Crippen molar-refractivity contribution in [3.05, 3.63) is 12.2 Å². The van der Waals surface area contributed by atoms with Gasteiger partial charge in [0.2, 0.25) is 0 Å². The van der Waals surface area contributed by atoms with Gasteiger partial charge in [0.25, 0.3) is 0 Å². The Labute approximate surface area is 244 Å². The molecule has 0 fully saturated rings. The van der Waals surface area contributed by atoms with Crippen LogP contribution in [0.4, 0.5) is 0 Å². The van der Waals surface area contributed by atoms with E-state index in [0.29, 0.717) is 0 Å². The zero-order chi connectivity index (χ0) is 28.4. The summed E-state index contributed by atoms with van der Waals surface area (Å²) in [6.45, 7) is 0.851. The monoisotopic (exact) mass is 597 g/mol. The zero-order valence-electron chi connectivity index (χ0n) is 23.7. The van der Waals surface area contributed by atoms with Crippen LogP contribution in [0.5, 0.6) is 0 Å². The van der Waals surface area contributed by atoms with E-state index in [1.165, 1.54) is 62.7 Å². The number of unbranched alkanes of at least 4 members (excludes halogenated alkanes) is 12. The molecular formula is C28H50MnN2O8+2. The van der Waals surface area contributed by atoms with Gasteiger partial charge in [0.1, 0.15) is 0 Å². The fourth-order valence-corrected chi connectivity index (χ4v) is 4.05. The molecule has 10 nitrogen and oxygen atoms in total. The van der Waals surface area contributed by atoms with Gasteiger partial charge < -0.3 is 20.1 Å². The molecule has 3 N–H and O–H groups in total. The van der Waals surface area contributed by atoms with Gasteiger partial charge in [0, 0.05) is 13.1 Å². The molecule has 0 aliphatic heterocycles. The van der Waals surface area contributed by atoms with Crippen molar-refractivity contribution in [3.63, 3.8) is 0 Å². The maximum Gasteiger partial charge on any atom is 2.00 e. The Morgan fingerprint density at radius 1 is 0.590 bits per heavy atom. The van der Waals surface area contributed by atoms with Crippen LogP contribution in [-0.2, 0) is 41.0 Å². The Morgan fingerprint density at radius 3 is 1.41 bits per heavy atom. The minimum absolute atomic E-state index is 0. The minimum atomic E-state index is -1.19. The molecule has 0 bridgehead atoms. The molecule has 1 radical (unpaired) electrons. The van der Waals surface area contributed by atoms with Crippen LogP contribution < -0.4 is 0 Å². The number of aliphatic carboxylic acids is 3. The molecule has 0 amide bonds. The first-order valence-electron chi connectivity index (χ1n) is 14.1. The minimum Gasteiger partial charge on any atom is -0.480 e. The first-order chi connectivity index (χ1) is 18.2. The SMILES string of the molecule is CCCCCCCC/C=C/CCCCCCCCOC(=O)CN(CCN(CC(=O)O)CC(=O)O)CC(=O)O.[Mn+2]. The van der Waals surface area contributed by atoms with Crippen LogP contribution in [0.2, 0.25) is 0 Å². The van der Waals surface area contributed by atoms with E-state index in [-0.39, 0.29) is 43.3 Å². The van der Waals surface area contributed by atoms with Crippen molar-refractivity contribution in [1.29, 1.82) is 0 Å². The molecule has 0 saturated carbocycles. The molecule has 0 aromatic heterocycles. The maximum absolute atomic E-state index is 12.1. The number of esters is 1. The number of carboxylic acids is 3. The summed E-state index contributed by atoms with van der Waals surface area (Å²) in [5, 5.41) is 26.9. The van der Waals surface area contributed by atoms with Crippen molar-refractivity contribution >= 4 is 23.9 Å². The fourth-order valence-electron chi connectivity index (χ4n) is 4.05. The second-order valence-corrected chi connectivity index (χ2v) is 9.76. The van der Waals surface area contributed by atoms with Crippen LogP contribution in [-0.4, -0.2) is 94.9 Å². The Kier molecular flexibility index (Phi) is 27.8. The number of ether oxygens (including phenoxy) is 1. The van der Waals surface area contributed by atoms with Gasteiger partial charge in [0.05, 0.1) is 32.8 Å². The van der Waals surface area contributed by atoms with Crippen molar-refractivity contribution in [1.82, 2.24) is 9.80 Å². The number of allylic oxidation sites excluding steroid dienone is 2. The van der Waals surface area contributed by atoms with E-state index in [4.69, 9.17) is 20.1 Å². The van der Waals surface area contributed by atoms with Crippen LogP contribution in [0.3, 0.4) is 0 Å². The summed E-state index contributed by atoms with van der Waals surface area (Å²) in [5.41, 5.74) is 0. The average Bonchev–Trinajstić information content (AvgIpc) is 2.83. The van der Waals surface area contributed by atoms with Gasteiger partial charge in [-0.1, -0.05) is 76.9 Å². The molecule has 0 aliphatic rings. The molecule has 0 rings (SSSR count). The summed E-state index contributed by atoms with van der Waals surface area (Å²) in [6, 6.07) is 0. The molecule has 0 saturated heterocycles. The first-order valence-corrected chi connectivity index (χ1v) is 14.1. The van der Waals surface area contributed by atoms with Crippen LogP contribution in [0.15, 0.2) is 12.2 Å². The van der Waals surface area contributed by atoms with Crippen molar-refractivity contribution in [2.24, 2.45) is 0 Å². The van der Waals surface area contributed by atoms with E-state index in [9.17, 15) is 19.2 Å². The molecule has 0 aromatic rings. The van der Waals surface area contributed by atoms with Gasteiger partial charge in [-0.25, -0.2) is 0 Å². The number of hydrogen-bond donors (Lipinski definition) is 3. The predicted octanol–water partition coefficient (Wildman–Crippen LogP) is 4.42. The van der Waals surface area contributed by atoms with E-state index in [0.717, 1.165) is 37.0 Å². The number of rotatable bonds is 27. The smallest absolute Gasteiger partial charge is 0.480 e. The number of carbonyl (C=O) groups is 4. The van der Waals surface area contributed by atoms with Crippen molar-refractivity contribution in [3.8, 4) is 0 Å². The molecule has 0 heterocycles. The fraction of sp³-hybridized carbons (Fsp3) is 0.786. The summed E-state index contributed by atoms with van der Waals surface area (Å²) in [4.78, 5) is 47.5. The molecule has 0 spiro atoms. The van der Waals surface area contributed by atoms with Gasteiger partial charge >= 0.3 is 40.9 Å². The van der Waals surface area contributed by atoms with Crippen LogP contribution in [0.25, 0.3) is 0 Å². The summed E-state index contributed by atoms with van der Waals surface area (Å²) in [6.07, 6.45) is 21.2. The van der Waals surface area contributed by atoms with Crippen LogP contribution >= 0.6 is 0 Å². The number of carboxylic acid groups (broad SMARTS) is 3. The third-order valence-corrected chi connectivity index (χ3v) is 6.08. The zero-order valence-corrected chi connectivity index (χ0v) is 24.8. The van der Waals surface area contributed by atoms with Crippen LogP contribution in [0.1, 0.15) is 96.8 Å². The quantitative estimate of drug-likeness (QED) is 0.0539. The largest absolute Gasteiger partial charge is 2.00 e. The van der Waals surface area contributed by atoms with E-state index in [1.807, 2.05) is 0 Å². The molecule has 0 aliphatic carbocycles. The van der Waals surface area contributed by atoms with Crippen molar-refractivity contribution < 1.29 is 56.3 Å². The van der Waals surface area contributed by atoms with Gasteiger partial charge in [0.15, 0.2) is 0 Å². The predicted molar refractivity (Wildman–Crippen MR) is 146 cm³/mol. The Hall–Kier alpha value is -1.94. The topological polar surface area (TPSA) is 145 Å². The van der Waals surface area contributed by atoms with Crippen LogP contribution in [0, 0.1) is 0 Å². The summed E-state index contributed by atoms with van der Waals surface area (Å²) in [5.74, 6) is -4.08. The van der Waals surface area contributed by atoms with Gasteiger partial charge in [-0.15, -0.1) is 0 Å². The van der Waals surface area contributed by atoms with E-state index < -0.39 is 43.5 Å².